The van der Waals surface area contributed by atoms with Crippen LogP contribution < -0.4 is 10.6 Å². The Kier molecular flexibility index (Phi) is 7.59. The summed E-state index contributed by atoms with van der Waals surface area (Å²) in [5, 5.41) is 6.02. The summed E-state index contributed by atoms with van der Waals surface area (Å²) in [7, 11) is 1.76. The quantitative estimate of drug-likeness (QED) is 0.234. The maximum Gasteiger partial charge on any atom is 0.257 e. The highest BCUT2D eigenvalue weighted by atomic mass is 19.3. The second kappa shape index (κ2) is 11.3. The molecule has 0 radical (unpaired) electrons. The van der Waals surface area contributed by atoms with Gasteiger partial charge in [-0.05, 0) is 42.0 Å². The number of alkyl halides is 2. The van der Waals surface area contributed by atoms with Crippen LogP contribution in [-0.4, -0.2) is 46.7 Å². The number of H-pyrrole nitrogens is 1. The summed E-state index contributed by atoms with van der Waals surface area (Å²) in [6.45, 7) is 2.59. The molecule has 7 nitrogen and oxygen atoms in total. The van der Waals surface area contributed by atoms with Gasteiger partial charge in [0.25, 0.3) is 5.91 Å². The van der Waals surface area contributed by atoms with Crippen LogP contribution in [0, 0.1) is 5.82 Å². The fourth-order valence-corrected chi connectivity index (χ4v) is 5.03. The molecule has 3 heterocycles. The number of anilines is 3. The lowest BCUT2D eigenvalue weighted by molar-refractivity contribution is -0.118. The smallest absolute Gasteiger partial charge is 0.257 e. The van der Waals surface area contributed by atoms with E-state index < -0.39 is 30.5 Å². The van der Waals surface area contributed by atoms with Crippen molar-refractivity contribution in [1.82, 2.24) is 14.9 Å². The van der Waals surface area contributed by atoms with E-state index in [4.69, 9.17) is 0 Å². The number of nitrogens with zero attached hydrogens (tertiary/aromatic N) is 2. The molecule has 5 rings (SSSR count). The molecule has 40 heavy (non-hydrogen) atoms. The van der Waals surface area contributed by atoms with E-state index in [9.17, 15) is 22.8 Å². The molecule has 0 bridgehead atoms. The fraction of sp³-hybridized carbons (Fsp3) is 0.233. The number of carbonyl (C=O) groups excluding carboxylic acids is 2. The molecular formula is C30H28F3N5O2. The number of benzene rings is 2. The van der Waals surface area contributed by atoms with Gasteiger partial charge in [-0.3, -0.25) is 9.59 Å². The van der Waals surface area contributed by atoms with Crippen LogP contribution in [0.3, 0.4) is 0 Å². The van der Waals surface area contributed by atoms with Gasteiger partial charge in [0.05, 0.1) is 22.9 Å². The Morgan fingerprint density at radius 2 is 1.85 bits per heavy atom. The molecular weight excluding hydrogens is 519 g/mol. The van der Waals surface area contributed by atoms with E-state index in [0.29, 0.717) is 29.1 Å². The van der Waals surface area contributed by atoms with Crippen LogP contribution in [0.4, 0.5) is 30.4 Å². The largest absolute Gasteiger partial charge is 0.356 e. The van der Waals surface area contributed by atoms with Crippen molar-refractivity contribution in [3.05, 3.63) is 95.6 Å². The Labute approximate surface area is 229 Å². The summed E-state index contributed by atoms with van der Waals surface area (Å²) in [4.78, 5) is 35.7. The van der Waals surface area contributed by atoms with Gasteiger partial charge >= 0.3 is 0 Å². The summed E-state index contributed by atoms with van der Waals surface area (Å²) >= 11 is 0. The Morgan fingerprint density at radius 3 is 2.55 bits per heavy atom. The van der Waals surface area contributed by atoms with Crippen molar-refractivity contribution in [3.8, 4) is 11.3 Å². The fourth-order valence-electron chi connectivity index (χ4n) is 5.03. The van der Waals surface area contributed by atoms with E-state index >= 15 is 0 Å². The topological polar surface area (TPSA) is 90.1 Å². The summed E-state index contributed by atoms with van der Waals surface area (Å²) in [6, 6.07) is 17.7. The third kappa shape index (κ3) is 5.56. The van der Waals surface area contributed by atoms with E-state index in [1.165, 1.54) is 18.3 Å². The Bertz CT molecular complexity index is 1520. The minimum atomic E-state index is -2.74. The minimum absolute atomic E-state index is 0.0506. The van der Waals surface area contributed by atoms with E-state index in [2.05, 4.69) is 20.6 Å². The molecule has 10 heteroatoms. The van der Waals surface area contributed by atoms with Crippen LogP contribution in [-0.2, 0) is 4.79 Å². The van der Waals surface area contributed by atoms with Crippen LogP contribution in [0.15, 0.2) is 72.9 Å². The highest BCUT2D eigenvalue weighted by Crippen LogP contribution is 2.41. The average molecular weight is 548 g/mol. The Hall–Kier alpha value is -4.60. The van der Waals surface area contributed by atoms with Crippen molar-refractivity contribution in [3.63, 3.8) is 0 Å². The summed E-state index contributed by atoms with van der Waals surface area (Å²) in [5.74, 6) is -2.33. The number of hydrogen-bond acceptors (Lipinski definition) is 4. The third-order valence-electron chi connectivity index (χ3n) is 6.98. The first-order valence-electron chi connectivity index (χ1n) is 12.9. The number of aromatic nitrogens is 2. The highest BCUT2D eigenvalue weighted by molar-refractivity contribution is 6.06. The molecule has 0 aliphatic carbocycles. The number of pyridine rings is 1. The van der Waals surface area contributed by atoms with Crippen molar-refractivity contribution < 1.29 is 22.8 Å². The average Bonchev–Trinajstić information content (AvgIpc) is 3.31. The first kappa shape index (κ1) is 27.0. The third-order valence-corrected chi connectivity index (χ3v) is 6.98. The lowest BCUT2D eigenvalue weighted by Crippen LogP contribution is -2.36. The number of likely N-dealkylation sites (N-methyl/N-ethyl adjacent to an activating group) is 1. The second-order valence-electron chi connectivity index (χ2n) is 9.89. The van der Waals surface area contributed by atoms with E-state index in [-0.39, 0.29) is 23.2 Å². The van der Waals surface area contributed by atoms with Gasteiger partial charge in [-0.1, -0.05) is 37.3 Å². The van der Waals surface area contributed by atoms with Crippen molar-refractivity contribution in [2.45, 2.75) is 31.6 Å². The maximum atomic E-state index is 13.4. The molecule has 4 aromatic rings. The number of nitrogens with one attached hydrogen (secondary N) is 3. The zero-order valence-corrected chi connectivity index (χ0v) is 21.9. The van der Waals surface area contributed by atoms with Gasteiger partial charge in [0.15, 0.2) is 0 Å². The van der Waals surface area contributed by atoms with Crippen molar-refractivity contribution in [1.29, 1.82) is 0 Å². The van der Waals surface area contributed by atoms with E-state index in [0.717, 1.165) is 23.5 Å². The number of para-hydroxylation sites is 1. The van der Waals surface area contributed by atoms with Crippen molar-refractivity contribution in [2.75, 3.05) is 24.2 Å². The van der Waals surface area contributed by atoms with Crippen molar-refractivity contribution in [2.24, 2.45) is 0 Å². The molecule has 2 atom stereocenters. The predicted molar refractivity (Wildman–Crippen MR) is 148 cm³/mol. The molecule has 0 saturated carbocycles. The van der Waals surface area contributed by atoms with E-state index in [1.54, 1.807) is 24.1 Å². The highest BCUT2D eigenvalue weighted by Gasteiger charge is 2.34. The number of carbonyl (C=O) groups is 2. The molecule has 1 aliphatic heterocycles. The van der Waals surface area contributed by atoms with Crippen LogP contribution in [0.5, 0.6) is 0 Å². The van der Waals surface area contributed by atoms with Gasteiger partial charge in [-0.2, -0.15) is 0 Å². The SMILES string of the molecule is CC1CN(C)C(=O)c2c1[nH]c(-c1ccnc(NC(=O)C(CC(F)F)c3ccc(F)cc3)c1)c2Nc1ccccc1. The lowest BCUT2D eigenvalue weighted by atomic mass is 9.95. The second-order valence-corrected chi connectivity index (χ2v) is 9.89. The first-order chi connectivity index (χ1) is 19.2. The van der Waals surface area contributed by atoms with Gasteiger partial charge in [0.1, 0.15) is 11.6 Å². The number of halogens is 3. The molecule has 3 N–H and O–H groups in total. The molecule has 2 unspecified atom stereocenters. The zero-order chi connectivity index (χ0) is 28.4. The predicted octanol–water partition coefficient (Wildman–Crippen LogP) is 6.53. The van der Waals surface area contributed by atoms with Crippen molar-refractivity contribution >= 4 is 29.0 Å². The molecule has 0 fully saturated rings. The molecule has 1 aliphatic rings. The van der Waals surface area contributed by atoms with Gasteiger partial charge < -0.3 is 20.5 Å². The van der Waals surface area contributed by atoms with Gasteiger partial charge in [-0.15, -0.1) is 0 Å². The minimum Gasteiger partial charge on any atom is -0.356 e. The molecule has 2 amide bonds. The molecule has 0 spiro atoms. The summed E-state index contributed by atoms with van der Waals surface area (Å²) < 4.78 is 40.1. The first-order valence-corrected chi connectivity index (χ1v) is 12.9. The standard InChI is InChI=1S/C30H28F3N5O2/c1-17-16-38(2)30(40)25-26(17)37-27(28(25)35-21-6-4-3-5-7-21)19-12-13-34-24(14-19)36-29(39)22(15-23(32)33)18-8-10-20(31)11-9-18/h3-14,17,22-23,35,37H,15-16H2,1-2H3,(H,34,36,39). The maximum absolute atomic E-state index is 13.4. The summed E-state index contributed by atoms with van der Waals surface area (Å²) in [6.07, 6.45) is -1.97. The molecule has 0 saturated heterocycles. The molecule has 2 aromatic carbocycles. The molecule has 2 aromatic heterocycles. The van der Waals surface area contributed by atoms with Crippen LogP contribution in [0.1, 0.15) is 46.8 Å². The number of rotatable bonds is 8. The van der Waals surface area contributed by atoms with Gasteiger partial charge in [-0.25, -0.2) is 18.2 Å². The summed E-state index contributed by atoms with van der Waals surface area (Å²) in [5.41, 5.74) is 4.25. The Balaban J connectivity index is 1.51. The van der Waals surface area contributed by atoms with Gasteiger partial charge in [0.2, 0.25) is 12.3 Å². The van der Waals surface area contributed by atoms with Gasteiger partial charge in [0, 0.05) is 49.1 Å². The number of fused-ring (bicyclic) bond motifs is 1. The lowest BCUT2D eigenvalue weighted by Gasteiger charge is -2.28. The molecule has 206 valence electrons. The Morgan fingerprint density at radius 1 is 1.12 bits per heavy atom. The number of aromatic amines is 1. The van der Waals surface area contributed by atoms with Crippen LogP contribution in [0.25, 0.3) is 11.3 Å². The normalized spacial score (nSPS) is 15.6. The number of hydrogen-bond donors (Lipinski definition) is 3. The zero-order valence-electron chi connectivity index (χ0n) is 21.9. The van der Waals surface area contributed by atoms with Crippen LogP contribution in [0.2, 0.25) is 0 Å². The monoisotopic (exact) mass is 547 g/mol. The number of amides is 2. The van der Waals surface area contributed by atoms with E-state index in [1.807, 2.05) is 37.3 Å². The van der Waals surface area contributed by atoms with Crippen LogP contribution >= 0.6 is 0 Å².